The minimum atomic E-state index is -4.67. The second kappa shape index (κ2) is 4.21. The zero-order valence-electron chi connectivity index (χ0n) is 10.9. The number of rotatable bonds is 1. The van der Waals surface area contributed by atoms with E-state index in [0.29, 0.717) is 16.4 Å². The smallest absolute Gasteiger partial charge is 0.272 e. The van der Waals surface area contributed by atoms with E-state index < -0.39 is 38.0 Å². The molecule has 21 heavy (non-hydrogen) atoms. The molecule has 0 spiro atoms. The molecular weight excluding hydrogens is 309 g/mol. The number of hydrogen-bond acceptors (Lipinski definition) is 4. The Balaban J connectivity index is 2.59. The topological polar surface area (TPSA) is 78.2 Å². The third-order valence-corrected chi connectivity index (χ3v) is 5.56. The number of halogens is 3. The van der Waals surface area contributed by atoms with Gasteiger partial charge in [-0.15, -0.1) is 0 Å². The Morgan fingerprint density at radius 2 is 1.86 bits per heavy atom. The van der Waals surface area contributed by atoms with Crippen molar-refractivity contribution < 1.29 is 26.4 Å². The number of carbonyl (C=O) groups is 1. The standard InChI is InChI=1S/C12H9F3N2O3S/c1-11(2)10(18)17(21(11,19)20)9-4-3-8(12(13,14)15)5-7(9)6-16/h3-5H,1-2H3. The zero-order valence-corrected chi connectivity index (χ0v) is 11.7. The predicted octanol–water partition coefficient (Wildman–Crippen LogP) is 2.03. The highest BCUT2D eigenvalue weighted by Gasteiger charge is 2.61. The molecule has 0 aliphatic carbocycles. The van der Waals surface area contributed by atoms with Gasteiger partial charge in [-0.05, 0) is 32.0 Å². The molecule has 0 atom stereocenters. The number of alkyl halides is 3. The van der Waals surface area contributed by atoms with E-state index >= 15 is 0 Å². The van der Waals surface area contributed by atoms with Crippen molar-refractivity contribution in [3.05, 3.63) is 29.3 Å². The SMILES string of the molecule is CC1(C)C(=O)N(c2ccc(C(F)(F)F)cc2C#N)S1(=O)=O. The average molecular weight is 318 g/mol. The molecule has 1 heterocycles. The van der Waals surface area contributed by atoms with E-state index in [1.165, 1.54) is 19.9 Å². The summed E-state index contributed by atoms with van der Waals surface area (Å²) in [6, 6.07) is 3.44. The summed E-state index contributed by atoms with van der Waals surface area (Å²) in [5.41, 5.74) is -1.99. The summed E-state index contributed by atoms with van der Waals surface area (Å²) in [7, 11) is -4.03. The maximum atomic E-state index is 12.6. The van der Waals surface area contributed by atoms with Gasteiger partial charge in [-0.3, -0.25) is 4.79 Å². The molecule has 5 nitrogen and oxygen atoms in total. The summed E-state index contributed by atoms with van der Waals surface area (Å²) < 4.78 is 60.5. The maximum Gasteiger partial charge on any atom is 0.416 e. The van der Waals surface area contributed by atoms with Crippen LogP contribution in [0, 0.1) is 11.3 Å². The normalized spacial score (nSPS) is 19.8. The van der Waals surface area contributed by atoms with Gasteiger partial charge in [0.25, 0.3) is 15.9 Å². The summed E-state index contributed by atoms with van der Waals surface area (Å²) in [6.45, 7) is 2.38. The van der Waals surface area contributed by atoms with Gasteiger partial charge in [0.1, 0.15) is 6.07 Å². The molecule has 1 aromatic rings. The van der Waals surface area contributed by atoms with E-state index in [2.05, 4.69) is 0 Å². The van der Waals surface area contributed by atoms with Crippen molar-refractivity contribution in [3.63, 3.8) is 0 Å². The number of amides is 1. The molecular formula is C12H9F3N2O3S. The van der Waals surface area contributed by atoms with E-state index in [1.807, 2.05) is 0 Å². The Labute approximate surface area is 118 Å². The van der Waals surface area contributed by atoms with E-state index in [0.717, 1.165) is 6.07 Å². The third kappa shape index (κ3) is 1.98. The Bertz CT molecular complexity index is 776. The second-order valence-corrected chi connectivity index (χ2v) is 7.26. The fraction of sp³-hybridized carbons (Fsp3) is 0.333. The lowest BCUT2D eigenvalue weighted by Crippen LogP contribution is -2.67. The lowest BCUT2D eigenvalue weighted by atomic mass is 10.1. The molecule has 2 rings (SSSR count). The number of nitrogens with zero attached hydrogens (tertiary/aromatic N) is 2. The van der Waals surface area contributed by atoms with Crippen LogP contribution >= 0.6 is 0 Å². The van der Waals surface area contributed by atoms with Crippen LogP contribution in [0.3, 0.4) is 0 Å². The molecule has 1 fully saturated rings. The van der Waals surface area contributed by atoms with Crippen LogP contribution in [0.4, 0.5) is 18.9 Å². The first kappa shape index (κ1) is 15.3. The zero-order chi connectivity index (χ0) is 16.2. The molecule has 1 aromatic carbocycles. The van der Waals surface area contributed by atoms with Gasteiger partial charge in [0.05, 0.1) is 16.8 Å². The molecule has 0 radical (unpaired) electrons. The van der Waals surface area contributed by atoms with Gasteiger partial charge in [0.2, 0.25) is 0 Å². The second-order valence-electron chi connectivity index (χ2n) is 4.93. The van der Waals surface area contributed by atoms with Crippen molar-refractivity contribution in [3.8, 4) is 6.07 Å². The van der Waals surface area contributed by atoms with Crippen molar-refractivity contribution in [1.82, 2.24) is 0 Å². The highest BCUT2D eigenvalue weighted by atomic mass is 32.2. The van der Waals surface area contributed by atoms with Crippen LogP contribution in [-0.2, 0) is 21.0 Å². The summed E-state index contributed by atoms with van der Waals surface area (Å²) >= 11 is 0. The summed E-state index contributed by atoms with van der Waals surface area (Å²) in [6.07, 6.45) is -4.67. The van der Waals surface area contributed by atoms with Crippen LogP contribution in [0.1, 0.15) is 25.0 Å². The quantitative estimate of drug-likeness (QED) is 0.794. The first-order chi connectivity index (χ1) is 9.44. The molecule has 112 valence electrons. The molecule has 1 aliphatic rings. The van der Waals surface area contributed by atoms with E-state index in [4.69, 9.17) is 5.26 Å². The number of nitriles is 1. The van der Waals surface area contributed by atoms with Crippen molar-refractivity contribution in [2.24, 2.45) is 0 Å². The highest BCUT2D eigenvalue weighted by Crippen LogP contribution is 2.41. The third-order valence-electron chi connectivity index (χ3n) is 3.25. The van der Waals surface area contributed by atoms with Crippen LogP contribution in [0.5, 0.6) is 0 Å². The molecule has 0 unspecified atom stereocenters. The highest BCUT2D eigenvalue weighted by molar-refractivity contribution is 7.98. The monoisotopic (exact) mass is 318 g/mol. The molecule has 1 saturated heterocycles. The van der Waals surface area contributed by atoms with Gasteiger partial charge in [0.15, 0.2) is 4.75 Å². The molecule has 0 bridgehead atoms. The largest absolute Gasteiger partial charge is 0.416 e. The Morgan fingerprint density at radius 1 is 1.29 bits per heavy atom. The number of carbonyl (C=O) groups excluding carboxylic acids is 1. The number of sulfonamides is 1. The van der Waals surface area contributed by atoms with E-state index in [9.17, 15) is 26.4 Å². The van der Waals surface area contributed by atoms with Gasteiger partial charge in [-0.1, -0.05) is 0 Å². The maximum absolute atomic E-state index is 12.6. The van der Waals surface area contributed by atoms with E-state index in [1.54, 1.807) is 0 Å². The first-order valence-corrected chi connectivity index (χ1v) is 7.09. The van der Waals surface area contributed by atoms with Crippen LogP contribution in [0.2, 0.25) is 0 Å². The lowest BCUT2D eigenvalue weighted by molar-refractivity contribution is -0.137. The van der Waals surface area contributed by atoms with Crippen molar-refractivity contribution in [2.45, 2.75) is 24.8 Å². The lowest BCUT2D eigenvalue weighted by Gasteiger charge is -2.43. The van der Waals surface area contributed by atoms with Gasteiger partial charge in [0, 0.05) is 0 Å². The van der Waals surface area contributed by atoms with Crippen LogP contribution in [0.15, 0.2) is 18.2 Å². The number of benzene rings is 1. The number of anilines is 1. The van der Waals surface area contributed by atoms with Crippen LogP contribution < -0.4 is 4.31 Å². The van der Waals surface area contributed by atoms with Crippen LogP contribution in [-0.4, -0.2) is 19.1 Å². The molecule has 0 N–H and O–H groups in total. The minimum absolute atomic E-state index is 0.366. The molecule has 1 aliphatic heterocycles. The fourth-order valence-corrected chi connectivity index (χ4v) is 3.37. The molecule has 9 heteroatoms. The molecule has 1 amide bonds. The first-order valence-electron chi connectivity index (χ1n) is 5.65. The minimum Gasteiger partial charge on any atom is -0.272 e. The summed E-state index contributed by atoms with van der Waals surface area (Å²) in [5, 5.41) is 8.91. The predicted molar refractivity (Wildman–Crippen MR) is 66.6 cm³/mol. The summed E-state index contributed by atoms with van der Waals surface area (Å²) in [5.74, 6) is -0.793. The average Bonchev–Trinajstić information content (AvgIpc) is 2.37. The molecule has 0 saturated carbocycles. The fourth-order valence-electron chi connectivity index (χ4n) is 1.87. The van der Waals surface area contributed by atoms with Gasteiger partial charge in [-0.2, -0.15) is 18.4 Å². The van der Waals surface area contributed by atoms with Gasteiger partial charge < -0.3 is 0 Å². The van der Waals surface area contributed by atoms with Gasteiger partial charge >= 0.3 is 6.18 Å². The van der Waals surface area contributed by atoms with Gasteiger partial charge in [-0.25, -0.2) is 12.7 Å². The van der Waals surface area contributed by atoms with Crippen molar-refractivity contribution >= 4 is 21.6 Å². The Kier molecular flexibility index (Phi) is 3.07. The Morgan fingerprint density at radius 3 is 2.29 bits per heavy atom. The van der Waals surface area contributed by atoms with Crippen molar-refractivity contribution in [1.29, 1.82) is 5.26 Å². The Hall–Kier alpha value is -2.08. The number of hydrogen-bond donors (Lipinski definition) is 0. The van der Waals surface area contributed by atoms with E-state index in [-0.39, 0.29) is 5.69 Å². The summed E-state index contributed by atoms with van der Waals surface area (Å²) in [4.78, 5) is 11.9. The van der Waals surface area contributed by atoms with Crippen LogP contribution in [0.25, 0.3) is 0 Å². The van der Waals surface area contributed by atoms with Crippen molar-refractivity contribution in [2.75, 3.05) is 4.31 Å². The molecule has 0 aromatic heterocycles.